The number of fused-ring (bicyclic) bond motifs is 2. The molecule has 2 aliphatic carbocycles. The third kappa shape index (κ3) is 1.85. The zero-order valence-electron chi connectivity index (χ0n) is 7.94. The molecule has 0 aromatic heterocycles. The van der Waals surface area contributed by atoms with Crippen molar-refractivity contribution in [3.63, 3.8) is 0 Å². The molecule has 4 unspecified atom stereocenters. The van der Waals surface area contributed by atoms with Crippen LogP contribution in [0.5, 0.6) is 0 Å². The summed E-state index contributed by atoms with van der Waals surface area (Å²) in [6, 6.07) is 0. The number of hydrogen-bond donors (Lipinski definition) is 0. The maximum Gasteiger partial charge on any atom is 0.295 e. The van der Waals surface area contributed by atoms with Gasteiger partial charge in [-0.1, -0.05) is 0 Å². The molecule has 4 atom stereocenters. The molecule has 0 N–H and O–H groups in total. The van der Waals surface area contributed by atoms with Crippen molar-refractivity contribution in [2.75, 3.05) is 0 Å². The first-order valence-corrected chi connectivity index (χ1v) is 5.04. The summed E-state index contributed by atoms with van der Waals surface area (Å²) in [5, 5.41) is 0. The molecule has 2 bridgehead atoms. The van der Waals surface area contributed by atoms with Gasteiger partial charge in [0.05, 0.1) is 6.10 Å². The summed E-state index contributed by atoms with van der Waals surface area (Å²) in [4.78, 5) is 10.0. The summed E-state index contributed by atoms with van der Waals surface area (Å²) < 4.78 is 10.3. The van der Waals surface area contributed by atoms with Crippen LogP contribution in [0.2, 0.25) is 0 Å². The zero-order valence-corrected chi connectivity index (χ0v) is 7.94. The Morgan fingerprint density at radius 1 is 1.38 bits per heavy atom. The van der Waals surface area contributed by atoms with E-state index in [0.717, 1.165) is 18.3 Å². The van der Waals surface area contributed by atoms with E-state index in [-0.39, 0.29) is 6.29 Å². The van der Waals surface area contributed by atoms with Crippen LogP contribution < -0.4 is 0 Å². The van der Waals surface area contributed by atoms with Gasteiger partial charge in [-0.05, 0) is 44.4 Å². The van der Waals surface area contributed by atoms with Crippen LogP contribution >= 0.6 is 0 Å². The molecule has 13 heavy (non-hydrogen) atoms. The first-order valence-electron chi connectivity index (χ1n) is 5.04. The number of rotatable bonds is 4. The summed E-state index contributed by atoms with van der Waals surface area (Å²) in [6.45, 7) is 2.23. The lowest BCUT2D eigenvalue weighted by atomic mass is 9.98. The van der Waals surface area contributed by atoms with Crippen molar-refractivity contribution >= 4 is 6.47 Å². The molecule has 0 aliphatic heterocycles. The van der Waals surface area contributed by atoms with Gasteiger partial charge in [0.1, 0.15) is 0 Å². The minimum atomic E-state index is -0.373. The van der Waals surface area contributed by atoms with Crippen molar-refractivity contribution in [2.45, 2.75) is 45.0 Å². The van der Waals surface area contributed by atoms with Crippen LogP contribution in [0, 0.1) is 11.8 Å². The summed E-state index contributed by atoms with van der Waals surface area (Å²) in [7, 11) is 0. The standard InChI is InChI=1S/C10H16O3/c1-7(12-6-11)13-10-5-8-2-3-9(10)4-8/h6-10H,2-5H2,1H3. The molecule has 74 valence electrons. The minimum absolute atomic E-state index is 0.341. The first-order chi connectivity index (χ1) is 6.29. The van der Waals surface area contributed by atoms with Crippen molar-refractivity contribution in [2.24, 2.45) is 11.8 Å². The zero-order chi connectivity index (χ0) is 9.26. The van der Waals surface area contributed by atoms with Crippen LogP contribution in [0.3, 0.4) is 0 Å². The Bertz CT molecular complexity index is 193. The van der Waals surface area contributed by atoms with Gasteiger partial charge >= 0.3 is 0 Å². The molecule has 0 aromatic carbocycles. The van der Waals surface area contributed by atoms with Crippen LogP contribution in [0.4, 0.5) is 0 Å². The minimum Gasteiger partial charge on any atom is -0.438 e. The Kier molecular flexibility index (Phi) is 2.54. The van der Waals surface area contributed by atoms with E-state index in [4.69, 9.17) is 9.47 Å². The Hall–Kier alpha value is -0.570. The van der Waals surface area contributed by atoms with Crippen molar-refractivity contribution in [3.8, 4) is 0 Å². The highest BCUT2D eigenvalue weighted by molar-refractivity contribution is 5.37. The van der Waals surface area contributed by atoms with E-state index in [1.807, 2.05) is 0 Å². The second kappa shape index (κ2) is 3.66. The molecule has 0 saturated heterocycles. The molecule has 2 aliphatic rings. The molecule has 2 fully saturated rings. The SMILES string of the molecule is CC(OC=O)OC1CC2CCC1C2. The second-order valence-electron chi connectivity index (χ2n) is 4.15. The van der Waals surface area contributed by atoms with Crippen LogP contribution in [0.15, 0.2) is 0 Å². The Balaban J connectivity index is 1.79. The topological polar surface area (TPSA) is 35.5 Å². The predicted molar refractivity (Wildman–Crippen MR) is 46.9 cm³/mol. The second-order valence-corrected chi connectivity index (χ2v) is 4.15. The molecule has 2 saturated carbocycles. The van der Waals surface area contributed by atoms with Crippen molar-refractivity contribution in [1.29, 1.82) is 0 Å². The molecular weight excluding hydrogens is 168 g/mol. The molecule has 0 aromatic rings. The number of hydrogen-bond acceptors (Lipinski definition) is 3. The highest BCUT2D eigenvalue weighted by atomic mass is 16.7. The van der Waals surface area contributed by atoms with E-state index in [9.17, 15) is 4.79 Å². The predicted octanol–water partition coefficient (Wildman–Crippen LogP) is 1.71. The normalized spacial score (nSPS) is 39.0. The number of carbonyl (C=O) groups is 1. The van der Waals surface area contributed by atoms with E-state index >= 15 is 0 Å². The Labute approximate surface area is 78.4 Å². The van der Waals surface area contributed by atoms with Crippen LogP contribution in [-0.4, -0.2) is 18.9 Å². The molecular formula is C10H16O3. The van der Waals surface area contributed by atoms with Gasteiger partial charge in [-0.15, -0.1) is 0 Å². The lowest BCUT2D eigenvalue weighted by molar-refractivity contribution is -0.176. The molecule has 3 heteroatoms. The Morgan fingerprint density at radius 3 is 2.77 bits per heavy atom. The summed E-state index contributed by atoms with van der Waals surface area (Å²) in [6.07, 6.45) is 5.11. The quantitative estimate of drug-likeness (QED) is 0.493. The molecule has 2 rings (SSSR count). The van der Waals surface area contributed by atoms with Gasteiger partial charge in [0.2, 0.25) is 0 Å². The van der Waals surface area contributed by atoms with E-state index in [1.54, 1.807) is 6.92 Å². The summed E-state index contributed by atoms with van der Waals surface area (Å²) in [5.41, 5.74) is 0. The third-order valence-electron chi connectivity index (χ3n) is 3.29. The van der Waals surface area contributed by atoms with Crippen LogP contribution in [-0.2, 0) is 14.3 Å². The lowest BCUT2D eigenvalue weighted by Crippen LogP contribution is -2.26. The summed E-state index contributed by atoms with van der Waals surface area (Å²) in [5.74, 6) is 1.60. The van der Waals surface area contributed by atoms with E-state index in [2.05, 4.69) is 0 Å². The van der Waals surface area contributed by atoms with E-state index in [1.165, 1.54) is 19.3 Å². The fraction of sp³-hybridized carbons (Fsp3) is 0.900. The smallest absolute Gasteiger partial charge is 0.295 e. The largest absolute Gasteiger partial charge is 0.438 e. The highest BCUT2D eigenvalue weighted by Gasteiger charge is 2.40. The molecule has 0 heterocycles. The summed E-state index contributed by atoms with van der Waals surface area (Å²) >= 11 is 0. The molecule has 0 spiro atoms. The van der Waals surface area contributed by atoms with Gasteiger partial charge in [-0.3, -0.25) is 4.79 Å². The molecule has 3 nitrogen and oxygen atoms in total. The maximum absolute atomic E-state index is 10.0. The molecule has 0 amide bonds. The monoisotopic (exact) mass is 184 g/mol. The lowest BCUT2D eigenvalue weighted by Gasteiger charge is -2.24. The fourth-order valence-electron chi connectivity index (χ4n) is 2.71. The van der Waals surface area contributed by atoms with Gasteiger partial charge < -0.3 is 9.47 Å². The highest BCUT2D eigenvalue weighted by Crippen LogP contribution is 2.46. The average molecular weight is 184 g/mol. The average Bonchev–Trinajstić information content (AvgIpc) is 2.65. The van der Waals surface area contributed by atoms with Crippen molar-refractivity contribution in [3.05, 3.63) is 0 Å². The van der Waals surface area contributed by atoms with Crippen LogP contribution in [0.25, 0.3) is 0 Å². The van der Waals surface area contributed by atoms with E-state index in [0.29, 0.717) is 12.6 Å². The van der Waals surface area contributed by atoms with Gasteiger partial charge in [-0.25, -0.2) is 0 Å². The number of ether oxygens (including phenoxy) is 2. The van der Waals surface area contributed by atoms with Gasteiger partial charge in [0.25, 0.3) is 6.47 Å². The molecule has 0 radical (unpaired) electrons. The third-order valence-corrected chi connectivity index (χ3v) is 3.29. The van der Waals surface area contributed by atoms with Gasteiger partial charge in [0.15, 0.2) is 6.29 Å². The van der Waals surface area contributed by atoms with E-state index < -0.39 is 0 Å². The first kappa shape index (κ1) is 9.00. The fourth-order valence-corrected chi connectivity index (χ4v) is 2.71. The van der Waals surface area contributed by atoms with Gasteiger partial charge in [0, 0.05) is 0 Å². The van der Waals surface area contributed by atoms with Crippen molar-refractivity contribution < 1.29 is 14.3 Å². The number of carbonyl (C=O) groups excluding carboxylic acids is 1. The maximum atomic E-state index is 10.0. The Morgan fingerprint density at radius 2 is 2.23 bits per heavy atom. The van der Waals surface area contributed by atoms with Gasteiger partial charge in [-0.2, -0.15) is 0 Å². The van der Waals surface area contributed by atoms with Crippen molar-refractivity contribution in [1.82, 2.24) is 0 Å². The van der Waals surface area contributed by atoms with Crippen LogP contribution in [0.1, 0.15) is 32.6 Å².